The molecule has 0 aromatic rings. The standard InChI is InChI=1S/C8H17BrN2O2S/c1-10-5-3-8(4-6-10)11(2)14(12,13)7-9/h8H,3-7H2,1-2H3. The Bertz CT molecular complexity index is 273. The number of halogens is 1. The summed E-state index contributed by atoms with van der Waals surface area (Å²) in [5.41, 5.74) is 0. The van der Waals surface area contributed by atoms with E-state index in [0.29, 0.717) is 0 Å². The van der Waals surface area contributed by atoms with Gasteiger partial charge in [0, 0.05) is 13.1 Å². The van der Waals surface area contributed by atoms with Crippen molar-refractivity contribution in [3.05, 3.63) is 0 Å². The Labute approximate surface area is 94.4 Å². The van der Waals surface area contributed by atoms with Gasteiger partial charge in [-0.2, -0.15) is 0 Å². The summed E-state index contributed by atoms with van der Waals surface area (Å²) < 4.78 is 24.6. The summed E-state index contributed by atoms with van der Waals surface area (Å²) >= 11 is 3.01. The first-order chi connectivity index (χ1) is 6.47. The smallest absolute Gasteiger partial charge is 0.224 e. The number of rotatable bonds is 3. The van der Waals surface area contributed by atoms with Crippen LogP contribution in [0.1, 0.15) is 12.8 Å². The fourth-order valence-electron chi connectivity index (χ4n) is 1.66. The van der Waals surface area contributed by atoms with E-state index in [-0.39, 0.29) is 10.7 Å². The SMILES string of the molecule is CN1CCC(N(C)S(=O)(=O)CBr)CC1. The number of hydrogen-bond donors (Lipinski definition) is 0. The molecule has 1 saturated heterocycles. The van der Waals surface area contributed by atoms with E-state index in [4.69, 9.17) is 0 Å². The number of sulfonamides is 1. The van der Waals surface area contributed by atoms with Gasteiger partial charge in [0.2, 0.25) is 10.0 Å². The summed E-state index contributed by atoms with van der Waals surface area (Å²) in [6.45, 7) is 1.96. The van der Waals surface area contributed by atoms with Crippen LogP contribution < -0.4 is 0 Å². The first kappa shape index (κ1) is 12.4. The minimum Gasteiger partial charge on any atom is -0.306 e. The average Bonchev–Trinajstić information content (AvgIpc) is 2.18. The number of alkyl halides is 1. The third kappa shape index (κ3) is 2.92. The largest absolute Gasteiger partial charge is 0.306 e. The van der Waals surface area contributed by atoms with E-state index in [2.05, 4.69) is 27.9 Å². The van der Waals surface area contributed by atoms with Crippen molar-refractivity contribution in [2.24, 2.45) is 0 Å². The van der Waals surface area contributed by atoms with Crippen LogP contribution in [0.4, 0.5) is 0 Å². The lowest BCUT2D eigenvalue weighted by molar-refractivity contribution is 0.198. The van der Waals surface area contributed by atoms with E-state index in [9.17, 15) is 8.42 Å². The molecule has 1 fully saturated rings. The van der Waals surface area contributed by atoms with Gasteiger partial charge in [-0.25, -0.2) is 12.7 Å². The highest BCUT2D eigenvalue weighted by Gasteiger charge is 2.27. The highest BCUT2D eigenvalue weighted by molar-refractivity contribution is 9.10. The molecule has 84 valence electrons. The normalized spacial score (nSPS) is 21.7. The maximum absolute atomic E-state index is 11.5. The van der Waals surface area contributed by atoms with Crippen molar-refractivity contribution in [1.29, 1.82) is 0 Å². The number of likely N-dealkylation sites (tertiary alicyclic amines) is 1. The van der Waals surface area contributed by atoms with Crippen molar-refractivity contribution in [2.75, 3.05) is 31.8 Å². The molecule has 0 bridgehead atoms. The zero-order valence-electron chi connectivity index (χ0n) is 8.61. The van der Waals surface area contributed by atoms with Gasteiger partial charge in [0.05, 0.1) is 0 Å². The van der Waals surface area contributed by atoms with Crippen molar-refractivity contribution in [3.8, 4) is 0 Å². The molecule has 0 atom stereocenters. The Morgan fingerprint density at radius 2 is 1.93 bits per heavy atom. The molecule has 0 amide bonds. The molecule has 0 aromatic heterocycles. The lowest BCUT2D eigenvalue weighted by atomic mass is 10.1. The Kier molecular flexibility index (Phi) is 4.36. The zero-order chi connectivity index (χ0) is 10.8. The van der Waals surface area contributed by atoms with Gasteiger partial charge in [-0.15, -0.1) is 0 Å². The first-order valence-corrected chi connectivity index (χ1v) is 7.40. The number of piperidine rings is 1. The van der Waals surface area contributed by atoms with Gasteiger partial charge < -0.3 is 4.90 Å². The molecule has 14 heavy (non-hydrogen) atoms. The fraction of sp³-hybridized carbons (Fsp3) is 1.00. The Hall–Kier alpha value is 0.350. The predicted octanol–water partition coefficient (Wildman–Crippen LogP) is 0.695. The van der Waals surface area contributed by atoms with Gasteiger partial charge in [-0.3, -0.25) is 0 Å². The summed E-state index contributed by atoms with van der Waals surface area (Å²) in [7, 11) is 0.654. The molecule has 1 aliphatic heterocycles. The second kappa shape index (κ2) is 4.92. The maximum Gasteiger partial charge on any atom is 0.224 e. The van der Waals surface area contributed by atoms with E-state index in [1.54, 1.807) is 7.05 Å². The van der Waals surface area contributed by atoms with Crippen molar-refractivity contribution < 1.29 is 8.42 Å². The Morgan fingerprint density at radius 1 is 1.43 bits per heavy atom. The molecule has 0 spiro atoms. The van der Waals surface area contributed by atoms with Crippen LogP contribution in [0.25, 0.3) is 0 Å². The van der Waals surface area contributed by atoms with Crippen LogP contribution in [-0.2, 0) is 10.0 Å². The monoisotopic (exact) mass is 284 g/mol. The summed E-state index contributed by atoms with van der Waals surface area (Å²) in [5.74, 6) is 0. The summed E-state index contributed by atoms with van der Waals surface area (Å²) in [6.07, 6.45) is 1.86. The summed E-state index contributed by atoms with van der Waals surface area (Å²) in [6, 6.07) is 0.175. The average molecular weight is 285 g/mol. The molecule has 4 nitrogen and oxygen atoms in total. The topological polar surface area (TPSA) is 40.6 Å². The fourth-order valence-corrected chi connectivity index (χ4v) is 3.45. The molecule has 6 heteroatoms. The highest BCUT2D eigenvalue weighted by Crippen LogP contribution is 2.17. The molecule has 0 aromatic carbocycles. The van der Waals surface area contributed by atoms with E-state index in [0.717, 1.165) is 25.9 Å². The third-order valence-corrected chi connectivity index (χ3v) is 5.97. The Balaban J connectivity index is 2.58. The second-order valence-corrected chi connectivity index (χ2v) is 7.10. The van der Waals surface area contributed by atoms with Crippen molar-refractivity contribution in [1.82, 2.24) is 9.21 Å². The number of nitrogens with zero attached hydrogens (tertiary/aromatic N) is 2. The lowest BCUT2D eigenvalue weighted by Crippen LogP contribution is -2.44. The predicted molar refractivity (Wildman–Crippen MR) is 61.0 cm³/mol. The first-order valence-electron chi connectivity index (χ1n) is 4.67. The van der Waals surface area contributed by atoms with Gasteiger partial charge in [0.15, 0.2) is 0 Å². The Morgan fingerprint density at radius 3 is 2.36 bits per heavy atom. The molecule has 0 radical (unpaired) electrons. The minimum absolute atomic E-state index is 0.0167. The van der Waals surface area contributed by atoms with Gasteiger partial charge in [-0.05, 0) is 33.0 Å². The molecule has 0 aliphatic carbocycles. The molecular weight excluding hydrogens is 268 g/mol. The van der Waals surface area contributed by atoms with E-state index in [1.807, 2.05) is 0 Å². The molecule has 1 heterocycles. The van der Waals surface area contributed by atoms with Crippen LogP contribution in [0.5, 0.6) is 0 Å². The van der Waals surface area contributed by atoms with Crippen molar-refractivity contribution in [2.45, 2.75) is 18.9 Å². The lowest BCUT2D eigenvalue weighted by Gasteiger charge is -2.34. The van der Waals surface area contributed by atoms with Crippen LogP contribution in [0.15, 0.2) is 0 Å². The van der Waals surface area contributed by atoms with Crippen molar-refractivity contribution >= 4 is 26.0 Å². The summed E-state index contributed by atoms with van der Waals surface area (Å²) in [4.78, 5) is 2.23. The van der Waals surface area contributed by atoms with Gasteiger partial charge >= 0.3 is 0 Å². The van der Waals surface area contributed by atoms with Crippen LogP contribution in [-0.4, -0.2) is 55.5 Å². The zero-order valence-corrected chi connectivity index (χ0v) is 11.0. The quantitative estimate of drug-likeness (QED) is 0.717. The molecular formula is C8H17BrN2O2S. The van der Waals surface area contributed by atoms with Crippen LogP contribution in [0, 0.1) is 0 Å². The number of hydrogen-bond acceptors (Lipinski definition) is 3. The van der Waals surface area contributed by atoms with Crippen LogP contribution in [0.2, 0.25) is 0 Å². The van der Waals surface area contributed by atoms with Gasteiger partial charge in [-0.1, -0.05) is 15.9 Å². The van der Waals surface area contributed by atoms with E-state index in [1.165, 1.54) is 4.31 Å². The molecule has 0 saturated carbocycles. The van der Waals surface area contributed by atoms with Crippen molar-refractivity contribution in [3.63, 3.8) is 0 Å². The molecule has 1 rings (SSSR count). The summed E-state index contributed by atoms with van der Waals surface area (Å²) in [5, 5.41) is 0. The van der Waals surface area contributed by atoms with E-state index < -0.39 is 10.0 Å². The van der Waals surface area contributed by atoms with Crippen LogP contribution in [0.3, 0.4) is 0 Å². The minimum atomic E-state index is -3.08. The second-order valence-electron chi connectivity index (χ2n) is 3.77. The molecule has 0 N–H and O–H groups in total. The van der Waals surface area contributed by atoms with Gasteiger partial charge in [0.1, 0.15) is 4.66 Å². The van der Waals surface area contributed by atoms with Gasteiger partial charge in [0.25, 0.3) is 0 Å². The van der Waals surface area contributed by atoms with Crippen LogP contribution >= 0.6 is 15.9 Å². The molecule has 1 aliphatic rings. The maximum atomic E-state index is 11.5. The molecule has 0 unspecified atom stereocenters. The van der Waals surface area contributed by atoms with E-state index >= 15 is 0 Å². The highest BCUT2D eigenvalue weighted by atomic mass is 79.9. The third-order valence-electron chi connectivity index (χ3n) is 2.78.